The number of aromatic amines is 1. The van der Waals surface area contributed by atoms with Gasteiger partial charge in [-0.2, -0.15) is 5.21 Å². The van der Waals surface area contributed by atoms with E-state index in [4.69, 9.17) is 32.9 Å². The summed E-state index contributed by atoms with van der Waals surface area (Å²) in [6.07, 6.45) is 4.71. The lowest BCUT2D eigenvalue weighted by Crippen LogP contribution is -2.57. The topological polar surface area (TPSA) is 125 Å². The van der Waals surface area contributed by atoms with Gasteiger partial charge in [-0.1, -0.05) is 60.3 Å². The molecule has 3 unspecified atom stereocenters. The van der Waals surface area contributed by atoms with Crippen LogP contribution in [0.2, 0.25) is 10.0 Å². The van der Waals surface area contributed by atoms with Gasteiger partial charge < -0.3 is 15.0 Å². The first-order valence-electron chi connectivity index (χ1n) is 13.4. The van der Waals surface area contributed by atoms with E-state index in [1.807, 2.05) is 17.0 Å². The average Bonchev–Trinajstić information content (AvgIpc) is 3.57. The van der Waals surface area contributed by atoms with Crippen LogP contribution in [0.25, 0.3) is 0 Å². The zero-order valence-electron chi connectivity index (χ0n) is 22.4. The maximum atomic E-state index is 14.3. The lowest BCUT2D eigenvalue weighted by atomic mass is 9.83. The summed E-state index contributed by atoms with van der Waals surface area (Å²) in [4.78, 5) is 34.1. The van der Waals surface area contributed by atoms with Crippen LogP contribution in [0.5, 0.6) is 0 Å². The normalized spacial score (nSPS) is 21.5. The van der Waals surface area contributed by atoms with Crippen molar-refractivity contribution in [2.45, 2.75) is 69.8 Å². The highest BCUT2D eigenvalue weighted by Gasteiger charge is 2.55. The molecule has 2 N–H and O–H groups in total. The Morgan fingerprint density at radius 3 is 2.60 bits per heavy atom. The number of halogens is 2. The molecule has 1 saturated carbocycles. The maximum Gasteiger partial charge on any atom is 0.275 e. The van der Waals surface area contributed by atoms with Crippen molar-refractivity contribution in [3.05, 3.63) is 75.0 Å². The quantitative estimate of drug-likeness (QED) is 0.369. The number of rotatable bonds is 9. The number of benzene rings is 2. The molecule has 3 atom stereocenters. The predicted octanol–water partition coefficient (Wildman–Crippen LogP) is 4.89. The molecule has 1 aromatic heterocycles. The van der Waals surface area contributed by atoms with Crippen molar-refractivity contribution in [2.24, 2.45) is 4.99 Å². The Balaban J connectivity index is 1.49. The number of nitrogens with one attached hydrogen (secondary N) is 2. The van der Waals surface area contributed by atoms with Gasteiger partial charge >= 0.3 is 0 Å². The summed E-state index contributed by atoms with van der Waals surface area (Å²) >= 11 is 12.6. The van der Waals surface area contributed by atoms with Crippen molar-refractivity contribution in [3.8, 4) is 0 Å². The SMILES string of the molecule is CCCC(c1ccc(C(=O)NCc2nn[nH]n2)cc1)N1C(=O)C(c2cc(Cl)cc(Cl)c2)=NC12CCCCC2OC. The molecule has 3 aromatic rings. The number of nitrogens with zero attached hydrogens (tertiary/aromatic N) is 5. The van der Waals surface area contributed by atoms with Crippen LogP contribution in [-0.2, 0) is 16.1 Å². The minimum atomic E-state index is -0.852. The van der Waals surface area contributed by atoms with Gasteiger partial charge in [0.25, 0.3) is 11.8 Å². The molecule has 2 heterocycles. The monoisotopic (exact) mass is 583 g/mol. The average molecular weight is 585 g/mol. The molecule has 0 radical (unpaired) electrons. The first-order chi connectivity index (χ1) is 19.4. The number of ether oxygens (including phenoxy) is 1. The van der Waals surface area contributed by atoms with E-state index in [1.54, 1.807) is 37.4 Å². The zero-order valence-corrected chi connectivity index (χ0v) is 23.9. The van der Waals surface area contributed by atoms with Crippen molar-refractivity contribution in [2.75, 3.05) is 7.11 Å². The number of aromatic nitrogens is 4. The Morgan fingerprint density at radius 2 is 1.95 bits per heavy atom. The second kappa shape index (κ2) is 12.0. The smallest absolute Gasteiger partial charge is 0.275 e. The molecule has 1 spiro atoms. The molecule has 5 rings (SSSR count). The molecule has 2 amide bonds. The number of hydrogen-bond donors (Lipinski definition) is 2. The summed E-state index contributed by atoms with van der Waals surface area (Å²) < 4.78 is 5.99. The largest absolute Gasteiger partial charge is 0.377 e. The fourth-order valence-electron chi connectivity index (χ4n) is 5.79. The van der Waals surface area contributed by atoms with Crippen LogP contribution in [0.3, 0.4) is 0 Å². The Bertz CT molecular complexity index is 1380. The van der Waals surface area contributed by atoms with Gasteiger partial charge in [0, 0.05) is 28.3 Å². The van der Waals surface area contributed by atoms with Crippen LogP contribution < -0.4 is 5.32 Å². The molecule has 2 aromatic carbocycles. The zero-order chi connectivity index (χ0) is 28.3. The van der Waals surface area contributed by atoms with Crippen molar-refractivity contribution in [3.63, 3.8) is 0 Å². The number of carbonyl (C=O) groups is 2. The summed E-state index contributed by atoms with van der Waals surface area (Å²) in [6, 6.07) is 12.2. The van der Waals surface area contributed by atoms with E-state index in [9.17, 15) is 9.59 Å². The lowest BCUT2D eigenvalue weighted by molar-refractivity contribution is -0.143. The van der Waals surface area contributed by atoms with Gasteiger partial charge in [-0.3, -0.25) is 9.59 Å². The summed E-state index contributed by atoms with van der Waals surface area (Å²) in [7, 11) is 1.68. The van der Waals surface area contributed by atoms with Gasteiger partial charge in [0.1, 0.15) is 11.8 Å². The molecule has 1 aliphatic heterocycles. The number of tetrazole rings is 1. The van der Waals surface area contributed by atoms with Gasteiger partial charge in [0.15, 0.2) is 11.5 Å². The van der Waals surface area contributed by atoms with Gasteiger partial charge in [-0.05, 0) is 61.6 Å². The number of aliphatic imine (C=N–C) groups is 1. The molecular formula is C28H31Cl2N7O3. The summed E-state index contributed by atoms with van der Waals surface area (Å²) in [5.41, 5.74) is 1.49. The van der Waals surface area contributed by atoms with Crippen LogP contribution in [0, 0.1) is 0 Å². The van der Waals surface area contributed by atoms with E-state index in [0.717, 1.165) is 31.2 Å². The molecule has 1 fully saturated rings. The third-order valence-electron chi connectivity index (χ3n) is 7.57. The highest BCUT2D eigenvalue weighted by molar-refractivity contribution is 6.48. The lowest BCUT2D eigenvalue weighted by Gasteiger charge is -2.47. The molecule has 0 bridgehead atoms. The van der Waals surface area contributed by atoms with E-state index in [0.29, 0.717) is 45.5 Å². The van der Waals surface area contributed by atoms with E-state index >= 15 is 0 Å². The van der Waals surface area contributed by atoms with Crippen molar-refractivity contribution >= 4 is 40.7 Å². The fraction of sp³-hybridized carbons (Fsp3) is 0.429. The summed E-state index contributed by atoms with van der Waals surface area (Å²) in [6.45, 7) is 2.25. The fourth-order valence-corrected chi connectivity index (χ4v) is 6.31. The molecule has 210 valence electrons. The first kappa shape index (κ1) is 28.2. The van der Waals surface area contributed by atoms with Crippen LogP contribution in [0.4, 0.5) is 0 Å². The Morgan fingerprint density at radius 1 is 1.20 bits per heavy atom. The Hall–Kier alpha value is -3.34. The van der Waals surface area contributed by atoms with Gasteiger partial charge in [-0.15, -0.1) is 10.2 Å². The predicted molar refractivity (Wildman–Crippen MR) is 151 cm³/mol. The number of H-pyrrole nitrogens is 1. The molecular weight excluding hydrogens is 553 g/mol. The van der Waals surface area contributed by atoms with E-state index in [1.165, 1.54) is 0 Å². The van der Waals surface area contributed by atoms with Crippen molar-refractivity contribution < 1.29 is 14.3 Å². The molecule has 12 heteroatoms. The second-order valence-electron chi connectivity index (χ2n) is 10.1. The summed E-state index contributed by atoms with van der Waals surface area (Å²) in [5.74, 6) is -0.0437. The maximum absolute atomic E-state index is 14.3. The van der Waals surface area contributed by atoms with Gasteiger partial charge in [0.2, 0.25) is 0 Å². The molecule has 1 aliphatic carbocycles. The van der Waals surface area contributed by atoms with E-state index < -0.39 is 5.66 Å². The van der Waals surface area contributed by atoms with Gasteiger partial charge in [0.05, 0.1) is 12.6 Å². The number of carbonyl (C=O) groups excluding carboxylic acids is 2. The number of hydrogen-bond acceptors (Lipinski definition) is 7. The molecule has 10 nitrogen and oxygen atoms in total. The van der Waals surface area contributed by atoms with E-state index in [2.05, 4.69) is 32.9 Å². The third kappa shape index (κ3) is 5.48. The number of amides is 2. The summed E-state index contributed by atoms with van der Waals surface area (Å²) in [5, 5.41) is 17.2. The van der Waals surface area contributed by atoms with Crippen LogP contribution >= 0.6 is 23.2 Å². The first-order valence-corrected chi connectivity index (χ1v) is 14.1. The minimum absolute atomic E-state index is 0.159. The van der Waals surface area contributed by atoms with Crippen molar-refractivity contribution in [1.29, 1.82) is 0 Å². The second-order valence-corrected chi connectivity index (χ2v) is 11.0. The van der Waals surface area contributed by atoms with Crippen LogP contribution in [0.15, 0.2) is 47.5 Å². The van der Waals surface area contributed by atoms with Crippen LogP contribution in [-0.4, -0.2) is 61.9 Å². The molecule has 0 saturated heterocycles. The van der Waals surface area contributed by atoms with Crippen molar-refractivity contribution in [1.82, 2.24) is 30.8 Å². The Labute approximate surface area is 242 Å². The minimum Gasteiger partial charge on any atom is -0.377 e. The van der Waals surface area contributed by atoms with Gasteiger partial charge in [-0.25, -0.2) is 4.99 Å². The third-order valence-corrected chi connectivity index (χ3v) is 8.01. The highest BCUT2D eigenvalue weighted by atomic mass is 35.5. The van der Waals surface area contributed by atoms with Crippen LogP contribution in [0.1, 0.15) is 78.8 Å². The van der Waals surface area contributed by atoms with E-state index in [-0.39, 0.29) is 30.5 Å². The highest BCUT2D eigenvalue weighted by Crippen LogP contribution is 2.46. The molecule has 40 heavy (non-hydrogen) atoms. The number of methoxy groups -OCH3 is 1. The standard InChI is InChI=1S/C28H31Cl2N7O3/c1-3-6-22(17-8-10-18(11-9-17)26(38)31-16-24-33-35-36-34-24)37-27(39)25(19-13-20(29)15-21(30)14-19)32-28(37)12-5-4-7-23(28)40-2/h8-11,13-15,22-23H,3-7,12,16H2,1-2H3,(H,31,38)(H,33,34,35,36). The molecule has 2 aliphatic rings. The Kier molecular flexibility index (Phi) is 8.48.